The van der Waals surface area contributed by atoms with Crippen molar-refractivity contribution in [1.29, 1.82) is 0 Å². The monoisotopic (exact) mass is 350 g/mol. The predicted molar refractivity (Wildman–Crippen MR) is 85.0 cm³/mol. The minimum absolute atomic E-state index is 0.0424. The predicted octanol–water partition coefficient (Wildman–Crippen LogP) is 0.121. The van der Waals surface area contributed by atoms with Crippen LogP contribution in [0.4, 0.5) is 5.69 Å². The van der Waals surface area contributed by atoms with Gasteiger partial charge in [0.25, 0.3) is 11.6 Å². The van der Waals surface area contributed by atoms with Crippen molar-refractivity contribution in [3.63, 3.8) is 0 Å². The molecule has 0 bridgehead atoms. The fourth-order valence-corrected chi connectivity index (χ4v) is 2.51. The number of nitrogens with zero attached hydrogens (tertiary/aromatic N) is 2. The van der Waals surface area contributed by atoms with E-state index in [4.69, 9.17) is 10.6 Å². The average Bonchev–Trinajstić information content (AvgIpc) is 3.08. The second-order valence-electron chi connectivity index (χ2n) is 5.64. The lowest BCUT2D eigenvalue weighted by Crippen LogP contribution is -2.50. The highest BCUT2D eigenvalue weighted by Gasteiger charge is 2.35. The number of nitro groups is 1. The van der Waals surface area contributed by atoms with Crippen molar-refractivity contribution in [1.82, 2.24) is 10.4 Å². The van der Waals surface area contributed by atoms with Crippen LogP contribution in [0.3, 0.4) is 0 Å². The first kappa shape index (κ1) is 18.3. The molecule has 10 heteroatoms. The van der Waals surface area contributed by atoms with Gasteiger partial charge in [0.2, 0.25) is 5.91 Å². The van der Waals surface area contributed by atoms with E-state index in [0.717, 1.165) is 12.1 Å². The van der Waals surface area contributed by atoms with Crippen molar-refractivity contribution in [2.45, 2.75) is 31.8 Å². The van der Waals surface area contributed by atoms with E-state index in [0.29, 0.717) is 19.4 Å². The Bertz CT molecular complexity index is 688. The molecule has 0 aliphatic carbocycles. The molecule has 3 N–H and O–H groups in total. The number of carbonyl (C=O) groups is 3. The fourth-order valence-electron chi connectivity index (χ4n) is 2.51. The number of hydroxylamine groups is 1. The molecule has 2 amide bonds. The maximum Gasteiger partial charge on any atom is 0.362 e. The van der Waals surface area contributed by atoms with Gasteiger partial charge in [-0.1, -0.05) is 0 Å². The van der Waals surface area contributed by atoms with Crippen LogP contribution in [0.1, 0.15) is 30.1 Å². The maximum absolute atomic E-state index is 12.1. The zero-order chi connectivity index (χ0) is 18.6. The highest BCUT2D eigenvalue weighted by atomic mass is 16.7. The number of nitro benzene ring substituents is 1. The molecule has 1 aliphatic heterocycles. The molecule has 0 aromatic heterocycles. The topological polar surface area (TPSA) is 145 Å². The van der Waals surface area contributed by atoms with Gasteiger partial charge in [0.1, 0.15) is 6.04 Å². The first-order valence-corrected chi connectivity index (χ1v) is 7.63. The second-order valence-corrected chi connectivity index (χ2v) is 5.64. The molecule has 0 spiro atoms. The molecule has 2 rings (SSSR count). The summed E-state index contributed by atoms with van der Waals surface area (Å²) in [5.41, 5.74) is 7.45. The smallest absolute Gasteiger partial charge is 0.335 e. The number of carbonyl (C=O) groups excluding carboxylic acids is 3. The third-order valence-electron chi connectivity index (χ3n) is 3.79. The van der Waals surface area contributed by atoms with Gasteiger partial charge in [-0.15, -0.1) is 0 Å². The Morgan fingerprint density at radius 2 is 2.00 bits per heavy atom. The number of hydrogen-bond donors (Lipinski definition) is 2. The van der Waals surface area contributed by atoms with Crippen molar-refractivity contribution in [3.05, 3.63) is 39.9 Å². The van der Waals surface area contributed by atoms with Crippen molar-refractivity contribution >= 4 is 23.5 Å². The second kappa shape index (κ2) is 7.71. The molecule has 1 aromatic carbocycles. The molecular weight excluding hydrogens is 332 g/mol. The summed E-state index contributed by atoms with van der Waals surface area (Å²) in [6.45, 7) is 1.94. The normalized spacial score (nSPS) is 17.7. The van der Waals surface area contributed by atoms with Gasteiger partial charge < -0.3 is 15.5 Å². The molecule has 25 heavy (non-hydrogen) atoms. The van der Waals surface area contributed by atoms with Crippen LogP contribution >= 0.6 is 0 Å². The molecule has 2 unspecified atom stereocenters. The van der Waals surface area contributed by atoms with E-state index in [2.05, 4.69) is 0 Å². The first-order valence-electron chi connectivity index (χ1n) is 7.63. The van der Waals surface area contributed by atoms with E-state index in [1.807, 2.05) is 5.48 Å². The number of amides is 2. The molecule has 0 saturated carbocycles. The lowest BCUT2D eigenvalue weighted by atomic mass is 10.2. The highest BCUT2D eigenvalue weighted by Crippen LogP contribution is 2.18. The Labute approximate surface area is 143 Å². The molecular formula is C15H18N4O6. The first-order chi connectivity index (χ1) is 11.8. The van der Waals surface area contributed by atoms with E-state index < -0.39 is 28.9 Å². The molecule has 134 valence electrons. The summed E-state index contributed by atoms with van der Waals surface area (Å²) in [6, 6.07) is 3.26. The van der Waals surface area contributed by atoms with Crippen LogP contribution in [-0.4, -0.2) is 46.2 Å². The van der Waals surface area contributed by atoms with E-state index >= 15 is 0 Å². The van der Waals surface area contributed by atoms with E-state index in [-0.39, 0.29) is 17.2 Å². The number of non-ortho nitro benzene ring substituents is 1. The van der Waals surface area contributed by atoms with Gasteiger partial charge >= 0.3 is 5.97 Å². The zero-order valence-electron chi connectivity index (χ0n) is 13.5. The van der Waals surface area contributed by atoms with Gasteiger partial charge in [-0.2, -0.15) is 5.48 Å². The van der Waals surface area contributed by atoms with E-state index in [1.165, 1.54) is 24.0 Å². The fraction of sp³-hybridized carbons (Fsp3) is 0.400. The molecule has 10 nitrogen and oxygen atoms in total. The standard InChI is InChI=1S/C15H18N4O6/c1-9(16)14(21)18-8-2-3-12(18)13(20)17-25-15(22)10-4-6-11(7-5-10)19(23)24/h4-7,9,12H,2-3,8,16H2,1H3,(H,17,20). The SMILES string of the molecule is CC(N)C(=O)N1CCCC1C(=O)NOC(=O)c1ccc([N+](=O)[O-])cc1. The van der Waals surface area contributed by atoms with Crippen LogP contribution in [0.25, 0.3) is 0 Å². The molecule has 1 aliphatic rings. The Balaban J connectivity index is 1.93. The van der Waals surface area contributed by atoms with Crippen LogP contribution < -0.4 is 11.2 Å². The lowest BCUT2D eigenvalue weighted by molar-refractivity contribution is -0.384. The summed E-state index contributed by atoms with van der Waals surface area (Å²) in [4.78, 5) is 52.0. The lowest BCUT2D eigenvalue weighted by Gasteiger charge is -2.25. The highest BCUT2D eigenvalue weighted by molar-refractivity contribution is 5.93. The Kier molecular flexibility index (Phi) is 5.65. The van der Waals surface area contributed by atoms with E-state index in [1.54, 1.807) is 0 Å². The quantitative estimate of drug-likeness (QED) is 0.579. The number of benzene rings is 1. The molecule has 1 fully saturated rings. The van der Waals surface area contributed by atoms with E-state index in [9.17, 15) is 24.5 Å². The summed E-state index contributed by atoms with van der Waals surface area (Å²) < 4.78 is 0. The maximum atomic E-state index is 12.1. The van der Waals surface area contributed by atoms with Crippen LogP contribution in [0.15, 0.2) is 24.3 Å². The molecule has 1 heterocycles. The summed E-state index contributed by atoms with van der Waals surface area (Å²) >= 11 is 0. The Hall–Kier alpha value is -3.01. The number of likely N-dealkylation sites (tertiary alicyclic amines) is 1. The third kappa shape index (κ3) is 4.29. The molecule has 1 aromatic rings. The van der Waals surface area contributed by atoms with Gasteiger partial charge in [-0.25, -0.2) is 4.79 Å². The van der Waals surface area contributed by atoms with Crippen molar-refractivity contribution < 1.29 is 24.1 Å². The molecule has 0 radical (unpaired) electrons. The minimum Gasteiger partial charge on any atom is -0.335 e. The van der Waals surface area contributed by atoms with Crippen LogP contribution in [-0.2, 0) is 14.4 Å². The van der Waals surface area contributed by atoms with Crippen LogP contribution in [0.2, 0.25) is 0 Å². The molecule has 1 saturated heterocycles. The number of rotatable bonds is 4. The van der Waals surface area contributed by atoms with Gasteiger partial charge in [0, 0.05) is 18.7 Å². The van der Waals surface area contributed by atoms with Gasteiger partial charge in [0.15, 0.2) is 0 Å². The van der Waals surface area contributed by atoms with Crippen molar-refractivity contribution in [3.8, 4) is 0 Å². The van der Waals surface area contributed by atoms with Crippen LogP contribution in [0.5, 0.6) is 0 Å². The zero-order valence-corrected chi connectivity index (χ0v) is 13.5. The third-order valence-corrected chi connectivity index (χ3v) is 3.79. The van der Waals surface area contributed by atoms with Crippen LogP contribution in [0, 0.1) is 10.1 Å². The molecule has 2 atom stereocenters. The number of nitrogens with one attached hydrogen (secondary N) is 1. The minimum atomic E-state index is -0.869. The van der Waals surface area contributed by atoms with Gasteiger partial charge in [-0.3, -0.25) is 19.7 Å². The Morgan fingerprint density at radius 3 is 2.56 bits per heavy atom. The van der Waals surface area contributed by atoms with Gasteiger partial charge in [-0.05, 0) is 31.9 Å². The summed E-state index contributed by atoms with van der Waals surface area (Å²) in [7, 11) is 0. The van der Waals surface area contributed by atoms with Crippen molar-refractivity contribution in [2.24, 2.45) is 5.73 Å². The number of hydrogen-bond acceptors (Lipinski definition) is 7. The average molecular weight is 350 g/mol. The summed E-state index contributed by atoms with van der Waals surface area (Å²) in [5, 5.41) is 10.6. The summed E-state index contributed by atoms with van der Waals surface area (Å²) in [5.74, 6) is -1.84. The summed E-state index contributed by atoms with van der Waals surface area (Å²) in [6.07, 6.45) is 1.09. The van der Waals surface area contributed by atoms with Gasteiger partial charge in [0.05, 0.1) is 16.5 Å². The number of nitrogens with two attached hydrogens (primary N) is 1. The Morgan fingerprint density at radius 1 is 1.36 bits per heavy atom. The van der Waals surface area contributed by atoms with Crippen molar-refractivity contribution in [2.75, 3.05) is 6.54 Å². The largest absolute Gasteiger partial charge is 0.362 e.